The predicted molar refractivity (Wildman–Crippen MR) is 233 cm³/mol. The summed E-state index contributed by atoms with van der Waals surface area (Å²) in [7, 11) is 0. The molecule has 1 aliphatic carbocycles. The van der Waals surface area contributed by atoms with E-state index in [-0.39, 0.29) is 5.92 Å². The molecule has 0 saturated carbocycles. The highest BCUT2D eigenvalue weighted by Crippen LogP contribution is 2.42. The van der Waals surface area contributed by atoms with Crippen LogP contribution in [0.3, 0.4) is 0 Å². The highest BCUT2D eigenvalue weighted by atomic mass is 32.1. The molecule has 0 N–H and O–H groups in total. The van der Waals surface area contributed by atoms with Crippen LogP contribution in [0.15, 0.2) is 186 Å². The SMILES string of the molecule is C1=CCC(c2nc(-c3ccccc3)nc(-c3cccc(-c4cc5oc6ccccc6c5cc4-c4cccc(-c5ccc6sc7ccccc7c6c5)c4)c3)n2)C=C1. The molecule has 0 saturated heterocycles. The van der Waals surface area contributed by atoms with E-state index in [0.717, 1.165) is 67.6 Å². The van der Waals surface area contributed by atoms with Crippen molar-refractivity contribution in [1.82, 2.24) is 15.0 Å². The van der Waals surface area contributed by atoms with E-state index in [0.29, 0.717) is 11.6 Å². The number of furan rings is 1. The number of hydrogen-bond acceptors (Lipinski definition) is 5. The first-order valence-electron chi connectivity index (χ1n) is 18.9. The molecule has 0 fully saturated rings. The van der Waals surface area contributed by atoms with Gasteiger partial charge in [-0.05, 0) is 88.3 Å². The van der Waals surface area contributed by atoms with Crippen LogP contribution in [0.5, 0.6) is 0 Å². The van der Waals surface area contributed by atoms with Gasteiger partial charge in [-0.1, -0.05) is 133 Å². The van der Waals surface area contributed by atoms with Crippen LogP contribution < -0.4 is 0 Å². The van der Waals surface area contributed by atoms with Gasteiger partial charge < -0.3 is 4.42 Å². The van der Waals surface area contributed by atoms with E-state index < -0.39 is 0 Å². The molecular formula is C51H33N3OS. The van der Waals surface area contributed by atoms with Crippen LogP contribution in [0, 0.1) is 0 Å². The number of fused-ring (bicyclic) bond motifs is 6. The van der Waals surface area contributed by atoms with Crippen LogP contribution in [-0.2, 0) is 0 Å². The van der Waals surface area contributed by atoms with Crippen LogP contribution in [0.2, 0.25) is 0 Å². The summed E-state index contributed by atoms with van der Waals surface area (Å²) in [5.74, 6) is 2.19. The normalized spacial score (nSPS) is 14.0. The molecule has 11 rings (SSSR count). The third-order valence-electron chi connectivity index (χ3n) is 10.8. The second-order valence-electron chi connectivity index (χ2n) is 14.3. The Morgan fingerprint density at radius 3 is 1.95 bits per heavy atom. The van der Waals surface area contributed by atoms with Gasteiger partial charge in [0.1, 0.15) is 17.0 Å². The fraction of sp³-hybridized carbons (Fsp3) is 0.0392. The number of benzene rings is 7. The van der Waals surface area contributed by atoms with Gasteiger partial charge in [0.05, 0.1) is 0 Å². The maximum atomic E-state index is 6.49. The van der Waals surface area contributed by atoms with Crippen LogP contribution in [0.25, 0.3) is 98.3 Å². The zero-order valence-corrected chi connectivity index (χ0v) is 31.1. The number of thiophene rings is 1. The summed E-state index contributed by atoms with van der Waals surface area (Å²) in [6, 6.07) is 56.0. The van der Waals surface area contributed by atoms with Gasteiger partial charge in [-0.2, -0.15) is 0 Å². The standard InChI is InChI=1S/C51H33N3OS/c1-3-13-32(14-4-1)49-52-50(33-15-5-2-6-16-33)54-51(53-49)38-20-12-19-37(28-38)42-31-46-43(39-21-7-9-23-45(39)55-46)30-41(42)36-18-11-17-34(27-36)35-25-26-48-44(29-35)40-22-8-10-24-47(40)56-48/h1-15,17-31,33H,16H2. The van der Waals surface area contributed by atoms with Gasteiger partial charge in [-0.15, -0.1) is 11.3 Å². The van der Waals surface area contributed by atoms with Crippen molar-refractivity contribution < 1.29 is 4.42 Å². The smallest absolute Gasteiger partial charge is 0.163 e. The molecule has 10 aromatic rings. The lowest BCUT2D eigenvalue weighted by molar-refractivity contribution is 0.669. The summed E-state index contributed by atoms with van der Waals surface area (Å²) >= 11 is 1.85. The number of rotatable bonds is 6. The molecule has 7 aromatic carbocycles. The zero-order chi connectivity index (χ0) is 37.0. The Labute approximate surface area is 327 Å². The van der Waals surface area contributed by atoms with Crippen LogP contribution in [0.1, 0.15) is 18.2 Å². The molecule has 4 nitrogen and oxygen atoms in total. The largest absolute Gasteiger partial charge is 0.456 e. The Balaban J connectivity index is 1.07. The first-order chi connectivity index (χ1) is 27.7. The van der Waals surface area contributed by atoms with E-state index in [4.69, 9.17) is 19.4 Å². The number of hydrogen-bond donors (Lipinski definition) is 0. The Morgan fingerprint density at radius 1 is 0.446 bits per heavy atom. The van der Waals surface area contributed by atoms with Crippen molar-refractivity contribution in [1.29, 1.82) is 0 Å². The Morgan fingerprint density at radius 2 is 1.11 bits per heavy atom. The highest BCUT2D eigenvalue weighted by Gasteiger charge is 2.20. The quantitative estimate of drug-likeness (QED) is 0.171. The lowest BCUT2D eigenvalue weighted by atomic mass is 9.90. The van der Waals surface area contributed by atoms with Gasteiger partial charge in [-0.25, -0.2) is 15.0 Å². The zero-order valence-electron chi connectivity index (χ0n) is 30.3. The minimum Gasteiger partial charge on any atom is -0.456 e. The Hall–Kier alpha value is -6.95. The second kappa shape index (κ2) is 13.4. The topological polar surface area (TPSA) is 51.8 Å². The van der Waals surface area contributed by atoms with Crippen LogP contribution >= 0.6 is 11.3 Å². The van der Waals surface area contributed by atoms with Gasteiger partial charge in [0.15, 0.2) is 11.6 Å². The lowest BCUT2D eigenvalue weighted by Crippen LogP contribution is -2.07. The predicted octanol–water partition coefficient (Wildman–Crippen LogP) is 14.1. The first-order valence-corrected chi connectivity index (χ1v) is 19.8. The number of allylic oxidation sites excluding steroid dienone is 4. The van der Waals surface area contributed by atoms with Gasteiger partial charge in [0.2, 0.25) is 0 Å². The molecule has 0 aliphatic heterocycles. The summed E-state index contributed by atoms with van der Waals surface area (Å²) in [5, 5.41) is 4.80. The minimum atomic E-state index is 0.0842. The van der Waals surface area contributed by atoms with Crippen molar-refractivity contribution in [2.75, 3.05) is 0 Å². The lowest BCUT2D eigenvalue weighted by Gasteiger charge is -2.15. The molecule has 5 heteroatoms. The van der Waals surface area contributed by atoms with Crippen LogP contribution in [-0.4, -0.2) is 15.0 Å². The van der Waals surface area contributed by atoms with E-state index in [9.17, 15) is 0 Å². The molecule has 0 amide bonds. The average molecular weight is 736 g/mol. The summed E-state index contributed by atoms with van der Waals surface area (Å²) < 4.78 is 9.10. The molecular weight excluding hydrogens is 703 g/mol. The third-order valence-corrected chi connectivity index (χ3v) is 12.0. The molecule has 3 aromatic heterocycles. The van der Waals surface area contributed by atoms with Gasteiger partial charge in [0, 0.05) is 48.0 Å². The summed E-state index contributed by atoms with van der Waals surface area (Å²) in [6.07, 6.45) is 9.35. The van der Waals surface area contributed by atoms with E-state index in [1.165, 1.54) is 31.3 Å². The Kier molecular flexibility index (Phi) is 7.78. The number of aromatic nitrogens is 3. The molecule has 1 unspecified atom stereocenters. The Bertz CT molecular complexity index is 3190. The molecule has 264 valence electrons. The van der Waals surface area contributed by atoms with E-state index >= 15 is 0 Å². The third kappa shape index (κ3) is 5.72. The van der Waals surface area contributed by atoms with Crippen molar-refractivity contribution in [3.05, 3.63) is 188 Å². The highest BCUT2D eigenvalue weighted by molar-refractivity contribution is 7.25. The molecule has 56 heavy (non-hydrogen) atoms. The molecule has 1 atom stereocenters. The molecule has 0 spiro atoms. The molecule has 0 radical (unpaired) electrons. The second-order valence-corrected chi connectivity index (χ2v) is 15.4. The molecule has 0 bridgehead atoms. The average Bonchev–Trinajstić information content (AvgIpc) is 3.84. The van der Waals surface area contributed by atoms with E-state index in [1.807, 2.05) is 41.7 Å². The van der Waals surface area contributed by atoms with Crippen LogP contribution in [0.4, 0.5) is 0 Å². The van der Waals surface area contributed by atoms with Gasteiger partial charge in [-0.3, -0.25) is 0 Å². The fourth-order valence-corrected chi connectivity index (χ4v) is 9.11. The first kappa shape index (κ1) is 32.5. The molecule has 3 heterocycles. The maximum absolute atomic E-state index is 6.49. The summed E-state index contributed by atoms with van der Waals surface area (Å²) in [4.78, 5) is 15.2. The van der Waals surface area contributed by atoms with Crippen molar-refractivity contribution in [3.8, 4) is 56.2 Å². The maximum Gasteiger partial charge on any atom is 0.163 e. The van der Waals surface area contributed by atoms with Gasteiger partial charge >= 0.3 is 0 Å². The minimum absolute atomic E-state index is 0.0842. The van der Waals surface area contributed by atoms with Crippen molar-refractivity contribution >= 4 is 53.4 Å². The van der Waals surface area contributed by atoms with Gasteiger partial charge in [0.25, 0.3) is 0 Å². The van der Waals surface area contributed by atoms with E-state index in [2.05, 4.69) is 152 Å². The summed E-state index contributed by atoms with van der Waals surface area (Å²) in [6.45, 7) is 0. The summed E-state index contributed by atoms with van der Waals surface area (Å²) in [5.41, 5.74) is 10.4. The molecule has 1 aliphatic rings. The van der Waals surface area contributed by atoms with Crippen molar-refractivity contribution in [3.63, 3.8) is 0 Å². The van der Waals surface area contributed by atoms with E-state index in [1.54, 1.807) is 0 Å². The number of nitrogens with zero attached hydrogens (tertiary/aromatic N) is 3. The fourth-order valence-electron chi connectivity index (χ4n) is 8.02. The van der Waals surface area contributed by atoms with Crippen molar-refractivity contribution in [2.45, 2.75) is 12.3 Å². The monoisotopic (exact) mass is 735 g/mol. The number of para-hydroxylation sites is 1. The van der Waals surface area contributed by atoms with Crippen molar-refractivity contribution in [2.24, 2.45) is 0 Å².